The molecule has 3 aliphatic heterocycles. The summed E-state index contributed by atoms with van der Waals surface area (Å²) in [6.07, 6.45) is 0.848. The number of morpholine rings is 1. The highest BCUT2D eigenvalue weighted by molar-refractivity contribution is 5.92. The lowest BCUT2D eigenvalue weighted by Crippen LogP contribution is -2.52. The topological polar surface area (TPSA) is 83.6 Å². The summed E-state index contributed by atoms with van der Waals surface area (Å²) in [7, 11) is 0. The van der Waals surface area contributed by atoms with Crippen LogP contribution in [0.4, 0.5) is 5.69 Å². The van der Waals surface area contributed by atoms with Crippen molar-refractivity contribution < 1.29 is 23.8 Å². The van der Waals surface area contributed by atoms with Crippen LogP contribution >= 0.6 is 0 Å². The fourth-order valence-corrected chi connectivity index (χ4v) is 3.85. The van der Waals surface area contributed by atoms with E-state index in [2.05, 4.69) is 15.1 Å². The van der Waals surface area contributed by atoms with Gasteiger partial charge in [0, 0.05) is 57.4 Å². The quantitative estimate of drug-likeness (QED) is 0.735. The monoisotopic (exact) mass is 418 g/mol. The number of nitrogens with one attached hydrogen (secondary N) is 1. The molecule has 3 heterocycles. The molecule has 1 aromatic rings. The first-order chi connectivity index (χ1) is 14.7. The normalized spacial score (nSPS) is 20.5. The fourth-order valence-electron chi connectivity index (χ4n) is 3.85. The van der Waals surface area contributed by atoms with Gasteiger partial charge in [0.1, 0.15) is 0 Å². The van der Waals surface area contributed by atoms with Gasteiger partial charge in [-0.25, -0.2) is 0 Å². The third-order valence-electron chi connectivity index (χ3n) is 5.59. The zero-order valence-electron chi connectivity index (χ0n) is 17.3. The van der Waals surface area contributed by atoms with Crippen LogP contribution in [0.15, 0.2) is 18.2 Å². The van der Waals surface area contributed by atoms with E-state index in [4.69, 9.17) is 14.2 Å². The van der Waals surface area contributed by atoms with Gasteiger partial charge < -0.3 is 24.4 Å². The first-order valence-corrected chi connectivity index (χ1v) is 10.7. The molecule has 1 aromatic carbocycles. The number of piperazine rings is 1. The van der Waals surface area contributed by atoms with Gasteiger partial charge in [-0.3, -0.25) is 19.4 Å². The van der Waals surface area contributed by atoms with E-state index in [1.54, 1.807) is 0 Å². The lowest BCUT2D eigenvalue weighted by molar-refractivity contribution is -0.137. The number of hydrogen-bond acceptors (Lipinski definition) is 7. The van der Waals surface area contributed by atoms with Crippen LogP contribution < -0.4 is 14.8 Å². The number of hydrogen-bond donors (Lipinski definition) is 1. The average Bonchev–Trinajstić information content (AvgIpc) is 3.01. The average molecular weight is 418 g/mol. The molecule has 2 amide bonds. The minimum atomic E-state index is -0.0534. The maximum atomic E-state index is 12.5. The van der Waals surface area contributed by atoms with E-state index in [1.807, 2.05) is 23.1 Å². The highest BCUT2D eigenvalue weighted by Gasteiger charge is 2.24. The Morgan fingerprint density at radius 2 is 1.50 bits per heavy atom. The van der Waals surface area contributed by atoms with Gasteiger partial charge in [-0.05, 0) is 12.1 Å². The molecule has 0 spiro atoms. The van der Waals surface area contributed by atoms with Crippen LogP contribution in [-0.2, 0) is 14.3 Å². The van der Waals surface area contributed by atoms with Crippen molar-refractivity contribution in [3.8, 4) is 11.5 Å². The Kier molecular flexibility index (Phi) is 7.03. The molecule has 2 fully saturated rings. The molecular weight excluding hydrogens is 388 g/mol. The Morgan fingerprint density at radius 1 is 0.833 bits per heavy atom. The van der Waals surface area contributed by atoms with Gasteiger partial charge in [-0.15, -0.1) is 0 Å². The molecular formula is C21H30N4O5. The number of amides is 2. The lowest BCUT2D eigenvalue weighted by atomic mass is 10.2. The number of carbonyl (C=O) groups excluding carboxylic acids is 2. The Labute approximate surface area is 176 Å². The Hall–Kier alpha value is -2.36. The van der Waals surface area contributed by atoms with Crippen molar-refractivity contribution in [1.82, 2.24) is 14.7 Å². The predicted octanol–water partition coefficient (Wildman–Crippen LogP) is 0.263. The van der Waals surface area contributed by atoms with Gasteiger partial charge in [0.05, 0.1) is 39.5 Å². The van der Waals surface area contributed by atoms with E-state index < -0.39 is 0 Å². The second kappa shape index (κ2) is 10.1. The van der Waals surface area contributed by atoms with E-state index in [1.165, 1.54) is 0 Å². The number of ether oxygens (including phenoxy) is 3. The SMILES string of the molecule is O=C(CN1CCN(CC(=O)N2CCOCC2)CC1)Nc1ccc2c(c1)OCCCO2. The highest BCUT2D eigenvalue weighted by atomic mass is 16.5. The van der Waals surface area contributed by atoms with Crippen molar-refractivity contribution in [3.05, 3.63) is 18.2 Å². The minimum Gasteiger partial charge on any atom is -0.490 e. The molecule has 3 aliphatic rings. The summed E-state index contributed by atoms with van der Waals surface area (Å²) in [5.74, 6) is 1.50. The summed E-state index contributed by atoms with van der Waals surface area (Å²) >= 11 is 0. The van der Waals surface area contributed by atoms with E-state index in [9.17, 15) is 9.59 Å². The van der Waals surface area contributed by atoms with Crippen LogP contribution in [0, 0.1) is 0 Å². The van der Waals surface area contributed by atoms with Crippen LogP contribution in [0.25, 0.3) is 0 Å². The van der Waals surface area contributed by atoms with Gasteiger partial charge in [0.25, 0.3) is 0 Å². The lowest BCUT2D eigenvalue weighted by Gasteiger charge is -2.35. The predicted molar refractivity (Wildman–Crippen MR) is 111 cm³/mol. The summed E-state index contributed by atoms with van der Waals surface area (Å²) in [6.45, 7) is 7.74. The smallest absolute Gasteiger partial charge is 0.238 e. The van der Waals surface area contributed by atoms with Crippen molar-refractivity contribution in [2.45, 2.75) is 6.42 Å². The van der Waals surface area contributed by atoms with Gasteiger partial charge in [-0.1, -0.05) is 0 Å². The number of benzene rings is 1. The van der Waals surface area contributed by atoms with Gasteiger partial charge >= 0.3 is 0 Å². The molecule has 9 heteroatoms. The van der Waals surface area contributed by atoms with Crippen molar-refractivity contribution >= 4 is 17.5 Å². The van der Waals surface area contributed by atoms with Crippen LogP contribution in [0.5, 0.6) is 11.5 Å². The summed E-state index contributed by atoms with van der Waals surface area (Å²) < 4.78 is 16.6. The second-order valence-corrected chi connectivity index (χ2v) is 7.81. The van der Waals surface area contributed by atoms with Crippen LogP contribution in [0.3, 0.4) is 0 Å². The molecule has 0 bridgehead atoms. The van der Waals surface area contributed by atoms with E-state index in [0.717, 1.165) is 32.6 Å². The molecule has 0 aromatic heterocycles. The highest BCUT2D eigenvalue weighted by Crippen LogP contribution is 2.32. The molecule has 1 N–H and O–H groups in total. The third-order valence-corrected chi connectivity index (χ3v) is 5.59. The molecule has 4 rings (SSSR count). The van der Waals surface area contributed by atoms with E-state index in [-0.39, 0.29) is 11.8 Å². The summed E-state index contributed by atoms with van der Waals surface area (Å²) in [5.41, 5.74) is 0.707. The molecule has 9 nitrogen and oxygen atoms in total. The van der Waals surface area contributed by atoms with Crippen LogP contribution in [0.1, 0.15) is 6.42 Å². The fraction of sp³-hybridized carbons (Fsp3) is 0.619. The molecule has 30 heavy (non-hydrogen) atoms. The summed E-state index contributed by atoms with van der Waals surface area (Å²) in [4.78, 5) is 31.0. The van der Waals surface area contributed by atoms with Crippen molar-refractivity contribution in [1.29, 1.82) is 0 Å². The first kappa shape index (κ1) is 20.9. The van der Waals surface area contributed by atoms with Crippen molar-refractivity contribution in [2.75, 3.05) is 84.1 Å². The Balaban J connectivity index is 1.20. The van der Waals surface area contributed by atoms with Crippen LogP contribution in [-0.4, -0.2) is 105 Å². The van der Waals surface area contributed by atoms with Gasteiger partial charge in [0.15, 0.2) is 11.5 Å². The molecule has 0 saturated carbocycles. The zero-order valence-corrected chi connectivity index (χ0v) is 17.3. The standard InChI is InChI=1S/C21H30N4O5/c26-20(22-17-2-3-18-19(14-17)30-11-1-10-29-18)15-23-4-6-24(7-5-23)16-21(27)25-8-12-28-13-9-25/h2-3,14H,1,4-13,15-16H2,(H,22,26). The molecule has 0 aliphatic carbocycles. The molecule has 0 radical (unpaired) electrons. The molecule has 164 valence electrons. The Morgan fingerprint density at radius 3 is 2.23 bits per heavy atom. The Bertz CT molecular complexity index is 745. The summed E-state index contributed by atoms with van der Waals surface area (Å²) in [6, 6.07) is 5.48. The van der Waals surface area contributed by atoms with Crippen LogP contribution in [0.2, 0.25) is 0 Å². The first-order valence-electron chi connectivity index (χ1n) is 10.7. The minimum absolute atomic E-state index is 0.0534. The number of carbonyl (C=O) groups is 2. The maximum Gasteiger partial charge on any atom is 0.238 e. The van der Waals surface area contributed by atoms with Gasteiger partial charge in [-0.2, -0.15) is 0 Å². The molecule has 2 saturated heterocycles. The zero-order chi connectivity index (χ0) is 20.8. The third kappa shape index (κ3) is 5.62. The number of fused-ring (bicyclic) bond motifs is 1. The number of rotatable bonds is 5. The largest absolute Gasteiger partial charge is 0.490 e. The second-order valence-electron chi connectivity index (χ2n) is 7.81. The van der Waals surface area contributed by atoms with Gasteiger partial charge in [0.2, 0.25) is 11.8 Å². The van der Waals surface area contributed by atoms with E-state index in [0.29, 0.717) is 69.8 Å². The van der Waals surface area contributed by atoms with Crippen molar-refractivity contribution in [2.24, 2.45) is 0 Å². The maximum absolute atomic E-state index is 12.5. The van der Waals surface area contributed by atoms with E-state index >= 15 is 0 Å². The molecule has 0 atom stereocenters. The summed E-state index contributed by atoms with van der Waals surface area (Å²) in [5, 5.41) is 2.94. The number of anilines is 1. The number of nitrogens with zero attached hydrogens (tertiary/aromatic N) is 3. The molecule has 0 unspecified atom stereocenters. The van der Waals surface area contributed by atoms with Crippen molar-refractivity contribution in [3.63, 3.8) is 0 Å².